The van der Waals surface area contributed by atoms with Gasteiger partial charge >= 0.3 is 6.72 Å². The molecular formula is C18H33B2O11PS. The quantitative estimate of drug-likeness (QED) is 0.158. The summed E-state index contributed by atoms with van der Waals surface area (Å²) in [6.45, 7) is -2.43. The number of hydrogen-bond donors (Lipinski definition) is 1. The monoisotopic (exact) mass is 510 g/mol. The zero-order valence-electron chi connectivity index (χ0n) is 19.4. The van der Waals surface area contributed by atoms with Crippen LogP contribution < -0.4 is 0 Å². The fourth-order valence-corrected chi connectivity index (χ4v) is 5.06. The molecule has 1 N–H and O–H groups in total. The molecule has 0 aromatic heterocycles. The molecule has 0 aromatic rings. The van der Waals surface area contributed by atoms with Crippen molar-refractivity contribution >= 4 is 34.2 Å². The van der Waals surface area contributed by atoms with E-state index in [4.69, 9.17) is 74.4 Å². The van der Waals surface area contributed by atoms with Gasteiger partial charge in [-0.1, -0.05) is 0 Å². The minimum absolute atomic E-state index is 0.131. The molecular weight excluding hydrogens is 477 g/mol. The summed E-state index contributed by atoms with van der Waals surface area (Å²) in [5, 5.41) is 0. The first-order chi connectivity index (χ1) is 15.8. The van der Waals surface area contributed by atoms with Gasteiger partial charge in [-0.2, -0.15) is 0 Å². The maximum atomic E-state index is 10.7. The van der Waals surface area contributed by atoms with E-state index in [1.54, 1.807) is 14.2 Å². The van der Waals surface area contributed by atoms with Crippen LogP contribution in [0.25, 0.3) is 0 Å². The molecule has 0 aromatic carbocycles. The van der Waals surface area contributed by atoms with Gasteiger partial charge in [0.1, 0.15) is 52.3 Å². The molecule has 0 bridgehead atoms. The molecule has 15 heteroatoms. The largest absolute Gasteiger partial charge is 0.382 e. The van der Waals surface area contributed by atoms with Gasteiger partial charge < -0.3 is 47.3 Å². The lowest BCUT2D eigenvalue weighted by Crippen LogP contribution is -2.40. The third-order valence-corrected chi connectivity index (χ3v) is 6.71. The smallest absolute Gasteiger partial charge is 0.325 e. The van der Waals surface area contributed by atoms with E-state index in [2.05, 4.69) is 0 Å². The number of methoxy groups -OCH3 is 4. The molecule has 11 nitrogen and oxygen atoms in total. The molecule has 2 rings (SSSR count). The van der Waals surface area contributed by atoms with E-state index >= 15 is 0 Å². The fraction of sp³-hybridized carbons (Fsp3) is 1.00. The Labute approximate surface area is 203 Å². The molecule has 2 aliphatic heterocycles. The lowest BCUT2D eigenvalue weighted by atomic mass is 9.93. The summed E-state index contributed by atoms with van der Waals surface area (Å²) in [7, 11) is 18.2. The molecule has 2 fully saturated rings. The number of hydrogen-bond acceptors (Lipinski definition) is 11. The summed E-state index contributed by atoms with van der Waals surface area (Å²) in [6, 6.07) is -1.55. The summed E-state index contributed by atoms with van der Waals surface area (Å²) in [6.07, 6.45) is -3.86. The van der Waals surface area contributed by atoms with Crippen LogP contribution in [-0.4, -0.2) is 137 Å². The molecule has 4 radical (unpaired) electrons. The highest BCUT2D eigenvalue weighted by molar-refractivity contribution is 8.07. The molecule has 2 heterocycles. The van der Waals surface area contributed by atoms with Crippen molar-refractivity contribution in [3.63, 3.8) is 0 Å². The van der Waals surface area contributed by atoms with E-state index in [0.29, 0.717) is 19.8 Å². The number of ether oxygens (including phenoxy) is 8. The average Bonchev–Trinajstić information content (AvgIpc) is 3.23. The Morgan fingerprint density at radius 1 is 0.758 bits per heavy atom. The molecule has 9 atom stereocenters. The second-order valence-corrected chi connectivity index (χ2v) is 10.2. The highest BCUT2D eigenvalue weighted by atomic mass is 32.5. The normalized spacial score (nSPS) is 36.3. The van der Waals surface area contributed by atoms with E-state index in [1.165, 1.54) is 14.2 Å². The predicted molar refractivity (Wildman–Crippen MR) is 122 cm³/mol. The highest BCUT2D eigenvalue weighted by Gasteiger charge is 2.47. The van der Waals surface area contributed by atoms with E-state index in [0.717, 1.165) is 0 Å². The second kappa shape index (κ2) is 14.8. The van der Waals surface area contributed by atoms with Gasteiger partial charge in [0.25, 0.3) is 0 Å². The molecule has 0 amide bonds. The zero-order chi connectivity index (χ0) is 24.4. The molecule has 188 valence electrons. The predicted octanol–water partition coefficient (Wildman–Crippen LogP) is -0.884. The van der Waals surface area contributed by atoms with Gasteiger partial charge in [0.15, 0.2) is 0 Å². The Kier molecular flexibility index (Phi) is 13.3. The molecule has 0 saturated carbocycles. The molecule has 2 saturated heterocycles. The van der Waals surface area contributed by atoms with E-state index in [1.807, 2.05) is 0 Å². The third kappa shape index (κ3) is 8.75. The standard InChI is InChI=1S/C18H33B2O11PS/c1-22-5-7-26-15-13(25-4)12(30-17(15)19)10-28-32(21,33)31-14-11(9-24-3)29-18(20)16(14)27-8-6-23-2/h11-18H,5-10H2,1-4H3,(H,21,33)/t11-,12-,13+,14+,15?,16?,17-,18-,32?/m1/s1. The van der Waals surface area contributed by atoms with Crippen LogP contribution >= 0.6 is 6.72 Å². The van der Waals surface area contributed by atoms with Crippen LogP contribution in [0, 0.1) is 0 Å². The summed E-state index contributed by atoms with van der Waals surface area (Å²) >= 11 is 5.23. The molecule has 0 aliphatic carbocycles. The number of rotatable bonds is 16. The Bertz CT molecular complexity index is 610. The van der Waals surface area contributed by atoms with Gasteiger partial charge in [-0.15, -0.1) is 0 Å². The molecule has 3 unspecified atom stereocenters. The van der Waals surface area contributed by atoms with Crippen molar-refractivity contribution in [3.05, 3.63) is 0 Å². The van der Waals surface area contributed by atoms with Crippen LogP contribution in [0.4, 0.5) is 0 Å². The Balaban J connectivity index is 1.98. The first kappa shape index (κ1) is 29.6. The minimum atomic E-state index is -3.77. The van der Waals surface area contributed by atoms with Crippen molar-refractivity contribution in [3.8, 4) is 0 Å². The van der Waals surface area contributed by atoms with E-state index < -0.39 is 55.3 Å². The molecule has 33 heavy (non-hydrogen) atoms. The minimum Gasteiger partial charge on any atom is -0.382 e. The van der Waals surface area contributed by atoms with Gasteiger partial charge in [-0.25, -0.2) is 0 Å². The molecule has 2 aliphatic rings. The van der Waals surface area contributed by atoms with Crippen molar-refractivity contribution < 1.29 is 51.8 Å². The average molecular weight is 510 g/mol. The van der Waals surface area contributed by atoms with Crippen LogP contribution in [0.2, 0.25) is 0 Å². The van der Waals surface area contributed by atoms with Crippen LogP contribution in [0.3, 0.4) is 0 Å². The van der Waals surface area contributed by atoms with Crippen molar-refractivity contribution in [1.82, 2.24) is 0 Å². The van der Waals surface area contributed by atoms with Crippen molar-refractivity contribution in [1.29, 1.82) is 0 Å². The van der Waals surface area contributed by atoms with Crippen molar-refractivity contribution in [2.75, 3.05) is 68.1 Å². The maximum absolute atomic E-state index is 10.7. The van der Waals surface area contributed by atoms with Crippen LogP contribution in [0.15, 0.2) is 0 Å². The lowest BCUT2D eigenvalue weighted by molar-refractivity contribution is -0.0622. The van der Waals surface area contributed by atoms with Crippen LogP contribution in [0.1, 0.15) is 0 Å². The first-order valence-corrected chi connectivity index (χ1v) is 13.1. The van der Waals surface area contributed by atoms with Gasteiger partial charge in [-0.3, -0.25) is 4.52 Å². The SMILES string of the molecule is [B][C@@H]1O[C@H](COP(O)(=S)O[C@@H]2C(OCCOC)[C@H]([B])O[C@@H]2COC)[C@H](OC)C1OCCOC. The van der Waals surface area contributed by atoms with Gasteiger partial charge in [-0.05, 0) is 11.8 Å². The second-order valence-electron chi connectivity index (χ2n) is 7.42. The third-order valence-electron chi connectivity index (χ3n) is 5.15. The topological polar surface area (TPSA) is 113 Å². The van der Waals surface area contributed by atoms with Crippen molar-refractivity contribution in [2.24, 2.45) is 0 Å². The van der Waals surface area contributed by atoms with Crippen molar-refractivity contribution in [2.45, 2.75) is 48.6 Å². The molecule has 0 spiro atoms. The van der Waals surface area contributed by atoms with E-state index in [9.17, 15) is 4.89 Å². The van der Waals surface area contributed by atoms with Gasteiger partial charge in [0.2, 0.25) is 0 Å². The first-order valence-electron chi connectivity index (χ1n) is 10.5. The Morgan fingerprint density at radius 2 is 1.27 bits per heavy atom. The van der Waals surface area contributed by atoms with Crippen LogP contribution in [-0.2, 0) is 58.7 Å². The summed E-state index contributed by atoms with van der Waals surface area (Å²) < 4.78 is 54.8. The highest BCUT2D eigenvalue weighted by Crippen LogP contribution is 2.48. The summed E-state index contributed by atoms with van der Waals surface area (Å²) in [5.41, 5.74) is 0. The Morgan fingerprint density at radius 3 is 1.76 bits per heavy atom. The van der Waals surface area contributed by atoms with E-state index in [-0.39, 0.29) is 19.8 Å². The van der Waals surface area contributed by atoms with Crippen LogP contribution in [0.5, 0.6) is 0 Å². The van der Waals surface area contributed by atoms with Gasteiger partial charge in [0, 0.05) is 40.4 Å². The maximum Gasteiger partial charge on any atom is 0.325 e. The fourth-order valence-electron chi connectivity index (χ4n) is 3.62. The lowest BCUT2D eigenvalue weighted by Gasteiger charge is -2.28. The summed E-state index contributed by atoms with van der Waals surface area (Å²) in [5.74, 6) is 0. The summed E-state index contributed by atoms with van der Waals surface area (Å²) in [4.78, 5) is 10.7. The Hall–Kier alpha value is 0.340. The zero-order valence-corrected chi connectivity index (χ0v) is 21.1. The van der Waals surface area contributed by atoms with Gasteiger partial charge in [0.05, 0.1) is 39.6 Å².